The van der Waals surface area contributed by atoms with Crippen LogP contribution in [0.25, 0.3) is 5.69 Å². The van der Waals surface area contributed by atoms with Gasteiger partial charge >= 0.3 is 5.69 Å². The zero-order chi connectivity index (χ0) is 35.5. The van der Waals surface area contributed by atoms with Gasteiger partial charge < -0.3 is 24.4 Å². The van der Waals surface area contributed by atoms with Gasteiger partial charge in [-0.05, 0) is 74.4 Å². The average molecular weight is 701 g/mol. The quantitative estimate of drug-likeness (QED) is 0.200. The highest BCUT2D eigenvalue weighted by molar-refractivity contribution is 5.54. The second kappa shape index (κ2) is 14.6. The fourth-order valence-electron chi connectivity index (χ4n) is 7.24. The van der Waals surface area contributed by atoms with E-state index in [1.165, 1.54) is 34.0 Å². The number of aromatic nitrogens is 6. The second-order valence-corrected chi connectivity index (χ2v) is 13.3. The zero-order valence-corrected chi connectivity index (χ0v) is 28.7. The van der Waals surface area contributed by atoms with E-state index < -0.39 is 23.3 Å². The molecule has 4 heterocycles. The van der Waals surface area contributed by atoms with E-state index in [2.05, 4.69) is 37.1 Å². The third-order valence-electron chi connectivity index (χ3n) is 9.96. The van der Waals surface area contributed by atoms with Crippen molar-refractivity contribution in [3.05, 3.63) is 113 Å². The summed E-state index contributed by atoms with van der Waals surface area (Å²) in [5.74, 6) is -0.563. The summed E-state index contributed by atoms with van der Waals surface area (Å²) in [5, 5.41) is 18.5. The molecule has 5 aromatic rings. The molecule has 0 amide bonds. The number of halogens is 2. The monoisotopic (exact) mass is 700 g/mol. The van der Waals surface area contributed by atoms with E-state index in [0.29, 0.717) is 31.6 Å². The van der Waals surface area contributed by atoms with Gasteiger partial charge in [-0.2, -0.15) is 10.2 Å². The zero-order valence-electron chi connectivity index (χ0n) is 28.7. The highest BCUT2D eigenvalue weighted by Gasteiger charge is 2.44. The number of rotatable bonds is 12. The lowest BCUT2D eigenvalue weighted by Gasteiger charge is -2.37. The number of hydrogen-bond acceptors (Lipinski definition) is 9. The molecule has 4 atom stereocenters. The van der Waals surface area contributed by atoms with Crippen molar-refractivity contribution in [3.63, 3.8) is 0 Å². The van der Waals surface area contributed by atoms with Gasteiger partial charge in [-0.3, -0.25) is 0 Å². The Morgan fingerprint density at radius 1 is 0.941 bits per heavy atom. The summed E-state index contributed by atoms with van der Waals surface area (Å²) < 4.78 is 45.6. The normalized spacial score (nSPS) is 20.5. The Kier molecular flexibility index (Phi) is 9.87. The number of ether oxygens (including phenoxy) is 2. The molecule has 2 fully saturated rings. The number of benzene rings is 3. The number of nitrogens with zero attached hydrogens (tertiary/aromatic N) is 8. The van der Waals surface area contributed by atoms with Crippen LogP contribution >= 0.6 is 0 Å². The molecule has 0 bridgehead atoms. The van der Waals surface area contributed by atoms with Gasteiger partial charge in [0.1, 0.15) is 42.0 Å². The highest BCUT2D eigenvalue weighted by Crippen LogP contribution is 2.42. The first kappa shape index (κ1) is 34.4. The Hall–Kier alpha value is -5.08. The largest absolute Gasteiger partial charge is 0.493 e. The smallest absolute Gasteiger partial charge is 0.350 e. The molecule has 2 saturated heterocycles. The molecule has 0 spiro atoms. The predicted molar refractivity (Wildman–Crippen MR) is 187 cm³/mol. The Bertz CT molecular complexity index is 1960. The summed E-state index contributed by atoms with van der Waals surface area (Å²) in [6.45, 7) is 7.97. The number of aliphatic hydroxyl groups excluding tert-OH is 1. The lowest BCUT2D eigenvalue weighted by atomic mass is 9.87. The van der Waals surface area contributed by atoms with Crippen LogP contribution in [0.3, 0.4) is 0 Å². The van der Waals surface area contributed by atoms with Gasteiger partial charge in [-0.15, -0.1) is 0 Å². The fraction of sp³-hybridized carbons (Fsp3) is 0.405. The first-order valence-electron chi connectivity index (χ1n) is 17.3. The third kappa shape index (κ3) is 7.24. The molecule has 0 aliphatic carbocycles. The van der Waals surface area contributed by atoms with Crippen molar-refractivity contribution in [1.29, 1.82) is 0 Å². The van der Waals surface area contributed by atoms with E-state index in [9.17, 15) is 18.7 Å². The minimum Gasteiger partial charge on any atom is -0.493 e. The Morgan fingerprint density at radius 2 is 1.61 bits per heavy atom. The van der Waals surface area contributed by atoms with Crippen LogP contribution in [0.5, 0.6) is 5.75 Å². The van der Waals surface area contributed by atoms with E-state index in [1.807, 2.05) is 43.3 Å². The van der Waals surface area contributed by atoms with Crippen LogP contribution in [-0.2, 0) is 16.9 Å². The Morgan fingerprint density at radius 3 is 2.22 bits per heavy atom. The summed E-state index contributed by atoms with van der Waals surface area (Å²) in [6, 6.07) is 19.2. The van der Waals surface area contributed by atoms with Gasteiger partial charge in [-0.1, -0.05) is 13.0 Å². The van der Waals surface area contributed by atoms with Crippen LogP contribution in [0.2, 0.25) is 0 Å². The van der Waals surface area contributed by atoms with Crippen LogP contribution in [0.1, 0.15) is 38.3 Å². The van der Waals surface area contributed by atoms with Crippen LogP contribution in [0, 0.1) is 17.6 Å². The fourth-order valence-corrected chi connectivity index (χ4v) is 7.24. The van der Waals surface area contributed by atoms with E-state index in [-0.39, 0.29) is 24.2 Å². The molecule has 0 saturated carbocycles. The van der Waals surface area contributed by atoms with Crippen LogP contribution in [0.15, 0.2) is 90.5 Å². The van der Waals surface area contributed by atoms with Crippen LogP contribution < -0.4 is 20.2 Å². The standard InChI is InChI=1S/C37H42F2N8O4/c1-3-35(26(2)48)47-36(49)46(25-42-47)31-7-5-29(6-8-31)43-14-16-44(17-15-43)30-9-11-32(12-10-30)50-20-27-19-37(51-21-27,22-45-24-40-23-41-45)33-13-4-28(38)18-34(33)39/h4-13,18,23-27,35,48H,3,14-17,19-22H2,1-2H3/t26-,27-,35-,37?/m0/s1. The summed E-state index contributed by atoms with van der Waals surface area (Å²) in [5.41, 5.74) is 1.93. The number of aliphatic hydroxyl groups is 1. The van der Waals surface area contributed by atoms with Crippen LogP contribution in [0.4, 0.5) is 20.2 Å². The predicted octanol–water partition coefficient (Wildman–Crippen LogP) is 4.57. The van der Waals surface area contributed by atoms with Crippen molar-refractivity contribution < 1.29 is 23.4 Å². The van der Waals surface area contributed by atoms with Gasteiger partial charge in [0.25, 0.3) is 0 Å². The van der Waals surface area contributed by atoms with Gasteiger partial charge in [0.15, 0.2) is 0 Å². The number of piperazine rings is 1. The Labute approximate surface area is 294 Å². The van der Waals surface area contributed by atoms with E-state index in [4.69, 9.17) is 9.47 Å². The lowest BCUT2D eigenvalue weighted by Crippen LogP contribution is -2.46. The second-order valence-electron chi connectivity index (χ2n) is 13.3. The van der Waals surface area contributed by atoms with Crippen molar-refractivity contribution in [2.75, 3.05) is 49.2 Å². The third-order valence-corrected chi connectivity index (χ3v) is 9.96. The van der Waals surface area contributed by atoms with Crippen molar-refractivity contribution >= 4 is 11.4 Å². The molecule has 1 unspecified atom stereocenters. The van der Waals surface area contributed by atoms with Gasteiger partial charge in [0.2, 0.25) is 0 Å². The molecule has 14 heteroatoms. The molecule has 1 N–H and O–H groups in total. The van der Waals surface area contributed by atoms with Crippen LogP contribution in [-0.4, -0.2) is 79.7 Å². The molecule has 51 heavy (non-hydrogen) atoms. The molecule has 0 radical (unpaired) electrons. The maximum atomic E-state index is 15.0. The molecule has 3 aromatic carbocycles. The van der Waals surface area contributed by atoms with E-state index in [0.717, 1.165) is 55.1 Å². The van der Waals surface area contributed by atoms with E-state index in [1.54, 1.807) is 17.9 Å². The summed E-state index contributed by atoms with van der Waals surface area (Å²) in [7, 11) is 0. The first-order valence-corrected chi connectivity index (χ1v) is 17.3. The summed E-state index contributed by atoms with van der Waals surface area (Å²) in [4.78, 5) is 21.7. The first-order chi connectivity index (χ1) is 24.7. The SMILES string of the molecule is CC[C@@H]([C@H](C)O)n1ncn(-c2ccc(N3CCN(c4ccc(OC[C@H]5COC(Cn6cncn6)(c6ccc(F)cc6F)C5)cc4)CC3)cc2)c1=O. The van der Waals surface area contributed by atoms with E-state index >= 15 is 0 Å². The minimum atomic E-state index is -1.02. The number of hydrogen-bond donors (Lipinski definition) is 1. The molecule has 2 aromatic heterocycles. The molecule has 7 rings (SSSR count). The molecular formula is C37H42F2N8O4. The van der Waals surface area contributed by atoms with Gasteiger partial charge in [-0.25, -0.2) is 32.5 Å². The average Bonchev–Trinajstić information content (AvgIpc) is 3.90. The molecule has 2 aliphatic heterocycles. The molecule has 268 valence electrons. The van der Waals surface area contributed by atoms with Crippen molar-refractivity contribution in [1.82, 2.24) is 29.1 Å². The Balaban J connectivity index is 0.923. The van der Waals surface area contributed by atoms with Crippen molar-refractivity contribution in [3.8, 4) is 11.4 Å². The minimum absolute atomic E-state index is 0.0121. The summed E-state index contributed by atoms with van der Waals surface area (Å²) in [6.07, 6.45) is 4.88. The van der Waals surface area contributed by atoms with Crippen molar-refractivity contribution in [2.45, 2.75) is 51.0 Å². The topological polar surface area (TPSA) is 116 Å². The highest BCUT2D eigenvalue weighted by atomic mass is 19.1. The van der Waals surface area contributed by atoms with Gasteiger partial charge in [0.05, 0.1) is 37.6 Å². The van der Waals surface area contributed by atoms with Crippen molar-refractivity contribution in [2.24, 2.45) is 5.92 Å². The lowest BCUT2D eigenvalue weighted by molar-refractivity contribution is -0.0206. The number of anilines is 2. The maximum absolute atomic E-state index is 15.0. The maximum Gasteiger partial charge on any atom is 0.350 e. The summed E-state index contributed by atoms with van der Waals surface area (Å²) >= 11 is 0. The molecule has 12 nitrogen and oxygen atoms in total. The molecular weight excluding hydrogens is 658 g/mol. The molecule has 2 aliphatic rings. The van der Waals surface area contributed by atoms with Gasteiger partial charge in [0, 0.05) is 55.1 Å².